The molecule has 0 aliphatic carbocycles. The van der Waals surface area contributed by atoms with Gasteiger partial charge in [0, 0.05) is 0 Å². The number of phenols is 1. The van der Waals surface area contributed by atoms with Crippen molar-refractivity contribution >= 4 is 11.8 Å². The normalized spacial score (nSPS) is 11.9. The van der Waals surface area contributed by atoms with Crippen molar-refractivity contribution in [3.8, 4) is 5.75 Å². The molecule has 0 amide bonds. The molecule has 1 aromatic carbocycles. The van der Waals surface area contributed by atoms with E-state index in [0.29, 0.717) is 12.0 Å². The van der Waals surface area contributed by atoms with E-state index in [4.69, 9.17) is 0 Å². The minimum absolute atomic E-state index is 0.0490. The Morgan fingerprint density at radius 3 is 2.53 bits per heavy atom. The number of esters is 1. The Balaban J connectivity index is 2.84. The van der Waals surface area contributed by atoms with Gasteiger partial charge in [0.2, 0.25) is 0 Å². The Morgan fingerprint density at radius 1 is 1.41 bits per heavy atom. The third-order valence-electron chi connectivity index (χ3n) is 2.59. The van der Waals surface area contributed by atoms with Crippen molar-refractivity contribution in [1.29, 1.82) is 0 Å². The van der Waals surface area contributed by atoms with Crippen LogP contribution in [0.3, 0.4) is 0 Å². The molecule has 4 heteroatoms. The first kappa shape index (κ1) is 13.2. The molecule has 1 rings (SSSR count). The van der Waals surface area contributed by atoms with Crippen LogP contribution in [0.15, 0.2) is 18.2 Å². The summed E-state index contributed by atoms with van der Waals surface area (Å²) in [5.74, 6) is -0.801. The maximum Gasteiger partial charge on any atom is 0.308 e. The average Bonchev–Trinajstić information content (AvgIpc) is 2.27. The largest absolute Gasteiger partial charge is 0.507 e. The molecule has 17 heavy (non-hydrogen) atoms. The number of hydrogen-bond donors (Lipinski definition) is 1. The number of aromatic hydroxyl groups is 1. The molecular formula is C13H16O4. The van der Waals surface area contributed by atoms with Crippen LogP contribution in [0, 0.1) is 5.92 Å². The summed E-state index contributed by atoms with van der Waals surface area (Å²) in [6.45, 7) is 3.15. The highest BCUT2D eigenvalue weighted by atomic mass is 16.5. The fraction of sp³-hybridized carbons (Fsp3) is 0.385. The summed E-state index contributed by atoms with van der Waals surface area (Å²) < 4.78 is 4.62. The summed E-state index contributed by atoms with van der Waals surface area (Å²) in [6, 6.07) is 4.81. The number of ketones is 1. The highest BCUT2D eigenvalue weighted by molar-refractivity contribution is 5.96. The maximum atomic E-state index is 11.2. The van der Waals surface area contributed by atoms with Gasteiger partial charge in [-0.25, -0.2) is 0 Å². The van der Waals surface area contributed by atoms with Gasteiger partial charge in [-0.3, -0.25) is 9.59 Å². The van der Waals surface area contributed by atoms with Crippen LogP contribution in [0.2, 0.25) is 0 Å². The third kappa shape index (κ3) is 3.31. The number of hydrogen-bond acceptors (Lipinski definition) is 4. The molecule has 4 nitrogen and oxygen atoms in total. The fourth-order valence-electron chi connectivity index (χ4n) is 1.64. The van der Waals surface area contributed by atoms with E-state index in [2.05, 4.69) is 4.74 Å². The van der Waals surface area contributed by atoms with E-state index < -0.39 is 0 Å². The van der Waals surface area contributed by atoms with Crippen molar-refractivity contribution in [1.82, 2.24) is 0 Å². The monoisotopic (exact) mass is 236 g/mol. The minimum atomic E-state index is -0.292. The van der Waals surface area contributed by atoms with Gasteiger partial charge in [-0.1, -0.05) is 13.0 Å². The van der Waals surface area contributed by atoms with Crippen LogP contribution >= 0.6 is 0 Å². The molecule has 92 valence electrons. The summed E-state index contributed by atoms with van der Waals surface area (Å²) in [5, 5.41) is 9.63. The molecule has 0 unspecified atom stereocenters. The van der Waals surface area contributed by atoms with Crippen LogP contribution in [0.4, 0.5) is 0 Å². The molecular weight excluding hydrogens is 220 g/mol. The van der Waals surface area contributed by atoms with Crippen molar-refractivity contribution < 1.29 is 19.4 Å². The topological polar surface area (TPSA) is 63.6 Å². The number of ether oxygens (including phenoxy) is 1. The first-order valence-corrected chi connectivity index (χ1v) is 5.36. The van der Waals surface area contributed by atoms with E-state index in [0.717, 1.165) is 5.56 Å². The summed E-state index contributed by atoms with van der Waals surface area (Å²) in [5.41, 5.74) is 1.09. The Hall–Kier alpha value is -1.84. The lowest BCUT2D eigenvalue weighted by molar-refractivity contribution is -0.144. The van der Waals surface area contributed by atoms with Crippen LogP contribution < -0.4 is 0 Å². The highest BCUT2D eigenvalue weighted by Crippen LogP contribution is 2.21. The van der Waals surface area contributed by atoms with Crippen LogP contribution in [0.5, 0.6) is 5.75 Å². The summed E-state index contributed by atoms with van der Waals surface area (Å²) in [6.07, 6.45) is 0.471. The number of rotatable bonds is 4. The van der Waals surface area contributed by atoms with Crippen LogP contribution in [-0.2, 0) is 16.0 Å². The average molecular weight is 236 g/mol. The van der Waals surface area contributed by atoms with E-state index >= 15 is 0 Å². The zero-order valence-electron chi connectivity index (χ0n) is 10.2. The smallest absolute Gasteiger partial charge is 0.308 e. The molecule has 0 radical (unpaired) electrons. The molecule has 0 fully saturated rings. The van der Waals surface area contributed by atoms with Gasteiger partial charge in [0.25, 0.3) is 0 Å². The van der Waals surface area contributed by atoms with Crippen molar-refractivity contribution in [2.24, 2.45) is 5.92 Å². The predicted molar refractivity (Wildman–Crippen MR) is 63.0 cm³/mol. The Labute approximate surface area is 100 Å². The van der Waals surface area contributed by atoms with Gasteiger partial charge in [0.05, 0.1) is 18.6 Å². The predicted octanol–water partition coefficient (Wildman–Crippen LogP) is 1.95. The third-order valence-corrected chi connectivity index (χ3v) is 2.59. The lowest BCUT2D eigenvalue weighted by atomic mass is 9.99. The van der Waals surface area contributed by atoms with Gasteiger partial charge in [0.15, 0.2) is 5.78 Å². The second-order valence-electron chi connectivity index (χ2n) is 4.04. The second-order valence-corrected chi connectivity index (χ2v) is 4.04. The number of carbonyl (C=O) groups excluding carboxylic acids is 2. The minimum Gasteiger partial charge on any atom is -0.507 e. The van der Waals surface area contributed by atoms with Crippen molar-refractivity contribution in [3.05, 3.63) is 29.3 Å². The van der Waals surface area contributed by atoms with E-state index in [9.17, 15) is 14.7 Å². The van der Waals surface area contributed by atoms with Gasteiger partial charge in [-0.05, 0) is 31.0 Å². The quantitative estimate of drug-likeness (QED) is 0.641. The van der Waals surface area contributed by atoms with Crippen LogP contribution in [-0.4, -0.2) is 24.0 Å². The Morgan fingerprint density at radius 2 is 2.06 bits per heavy atom. The molecule has 0 heterocycles. The fourth-order valence-corrected chi connectivity index (χ4v) is 1.64. The van der Waals surface area contributed by atoms with Crippen molar-refractivity contribution in [3.63, 3.8) is 0 Å². The molecule has 0 spiro atoms. The molecule has 1 atom stereocenters. The molecule has 0 saturated heterocycles. The van der Waals surface area contributed by atoms with Crippen molar-refractivity contribution in [2.75, 3.05) is 7.11 Å². The van der Waals surface area contributed by atoms with Gasteiger partial charge < -0.3 is 9.84 Å². The van der Waals surface area contributed by atoms with Gasteiger partial charge in [0.1, 0.15) is 5.75 Å². The van der Waals surface area contributed by atoms with E-state index in [1.165, 1.54) is 20.1 Å². The number of phenolic OH excluding ortho intramolecular Hbond substituents is 1. The summed E-state index contributed by atoms with van der Waals surface area (Å²) in [4.78, 5) is 22.4. The lowest BCUT2D eigenvalue weighted by Gasteiger charge is -2.10. The standard InChI is InChI=1S/C13H16O4/c1-8(13(16)17-3)6-10-4-5-11(9(2)14)12(15)7-10/h4-5,7-8,15H,6H2,1-3H3/t8-/m0/s1. The number of benzene rings is 1. The van der Waals surface area contributed by atoms with Gasteiger partial charge >= 0.3 is 5.97 Å². The molecule has 0 saturated carbocycles. The first-order valence-electron chi connectivity index (χ1n) is 5.36. The molecule has 0 bridgehead atoms. The second kappa shape index (κ2) is 5.48. The van der Waals surface area contributed by atoms with Crippen LogP contribution in [0.25, 0.3) is 0 Å². The first-order chi connectivity index (χ1) is 7.95. The molecule has 0 aliphatic heterocycles. The maximum absolute atomic E-state index is 11.2. The molecule has 0 aromatic heterocycles. The number of methoxy groups -OCH3 is 1. The summed E-state index contributed by atoms with van der Waals surface area (Å²) in [7, 11) is 1.34. The van der Waals surface area contributed by atoms with Crippen molar-refractivity contribution in [2.45, 2.75) is 20.3 Å². The molecule has 1 N–H and O–H groups in total. The van der Waals surface area contributed by atoms with E-state index in [-0.39, 0.29) is 23.4 Å². The Kier molecular flexibility index (Phi) is 4.26. The molecule has 0 aliphatic rings. The van der Waals surface area contributed by atoms with E-state index in [1.807, 2.05) is 0 Å². The summed E-state index contributed by atoms with van der Waals surface area (Å²) >= 11 is 0. The zero-order chi connectivity index (χ0) is 13.0. The highest BCUT2D eigenvalue weighted by Gasteiger charge is 2.15. The van der Waals surface area contributed by atoms with Gasteiger partial charge in [-0.2, -0.15) is 0 Å². The van der Waals surface area contributed by atoms with E-state index in [1.54, 1.807) is 19.1 Å². The lowest BCUT2D eigenvalue weighted by Crippen LogP contribution is -2.15. The number of Topliss-reactive ketones (excluding diaryl/α,β-unsaturated/α-hetero) is 1. The SMILES string of the molecule is COC(=O)[C@@H](C)Cc1ccc(C(C)=O)c(O)c1. The van der Waals surface area contributed by atoms with Crippen LogP contribution in [0.1, 0.15) is 29.8 Å². The Bertz CT molecular complexity index is 437. The molecule has 1 aromatic rings. The number of carbonyl (C=O) groups is 2. The zero-order valence-corrected chi connectivity index (χ0v) is 10.2. The van der Waals surface area contributed by atoms with Gasteiger partial charge in [-0.15, -0.1) is 0 Å².